The van der Waals surface area contributed by atoms with Gasteiger partial charge in [0.25, 0.3) is 0 Å². The van der Waals surface area contributed by atoms with Crippen LogP contribution in [-0.4, -0.2) is 49.8 Å². The number of likely N-dealkylation sites (tertiary alicyclic amines) is 1. The molecule has 0 spiro atoms. The lowest BCUT2D eigenvalue weighted by Crippen LogP contribution is -2.45. The molecule has 1 saturated carbocycles. The van der Waals surface area contributed by atoms with Crippen LogP contribution < -0.4 is 0 Å². The Hall–Kier alpha value is -2.34. The van der Waals surface area contributed by atoms with Crippen molar-refractivity contribution in [3.63, 3.8) is 0 Å². The number of halogens is 3. The number of hydrogen-bond acceptors (Lipinski definition) is 7. The van der Waals surface area contributed by atoms with Gasteiger partial charge in [0.2, 0.25) is 5.91 Å². The van der Waals surface area contributed by atoms with Gasteiger partial charge in [-0.05, 0) is 24.3 Å². The Morgan fingerprint density at radius 3 is 2.47 bits per heavy atom. The summed E-state index contributed by atoms with van der Waals surface area (Å²) in [6.07, 6.45) is 1.19. The number of nitrogens with zero attached hydrogens (tertiary/aromatic N) is 1. The first-order valence-corrected chi connectivity index (χ1v) is 11.6. The molecule has 1 aliphatic heterocycles. The molecule has 1 heterocycles. The van der Waals surface area contributed by atoms with Crippen molar-refractivity contribution in [2.45, 2.75) is 62.9 Å². The highest BCUT2D eigenvalue weighted by atomic mass is 32.2. The first kappa shape index (κ1) is 24.3. The molecule has 1 saturated heterocycles. The number of hydrogen-bond donors (Lipinski definition) is 0. The van der Waals surface area contributed by atoms with Crippen molar-refractivity contribution in [1.82, 2.24) is 4.90 Å². The van der Waals surface area contributed by atoms with Crippen LogP contribution in [0.3, 0.4) is 0 Å². The molecule has 0 unspecified atom stereocenters. The van der Waals surface area contributed by atoms with Gasteiger partial charge in [0.15, 0.2) is 6.23 Å². The van der Waals surface area contributed by atoms with Gasteiger partial charge in [-0.15, -0.1) is 0 Å². The quantitative estimate of drug-likeness (QED) is 0.334. The van der Waals surface area contributed by atoms with E-state index < -0.39 is 46.9 Å². The van der Waals surface area contributed by atoms with Crippen LogP contribution in [0.25, 0.3) is 0 Å². The highest BCUT2D eigenvalue weighted by Gasteiger charge is 2.48. The summed E-state index contributed by atoms with van der Waals surface area (Å²) >= 11 is 0. The van der Waals surface area contributed by atoms with Gasteiger partial charge in [-0.3, -0.25) is 8.98 Å². The fourth-order valence-electron chi connectivity index (χ4n) is 4.16. The van der Waals surface area contributed by atoms with Gasteiger partial charge in [-0.1, -0.05) is 43.2 Å². The second kappa shape index (κ2) is 10.1. The lowest BCUT2D eigenvalue weighted by molar-refractivity contribution is -0.143. The van der Waals surface area contributed by atoms with E-state index in [0.717, 1.165) is 24.8 Å². The lowest BCUT2D eigenvalue weighted by Gasteiger charge is -2.33. The summed E-state index contributed by atoms with van der Waals surface area (Å²) in [7, 11) is -5.78. The fourth-order valence-corrected chi connectivity index (χ4v) is 4.60. The van der Waals surface area contributed by atoms with Crippen LogP contribution in [0.5, 0.6) is 0 Å². The summed E-state index contributed by atoms with van der Waals surface area (Å²) in [5.41, 5.74) is -4.81. The van der Waals surface area contributed by atoms with Crippen molar-refractivity contribution in [3.05, 3.63) is 35.9 Å². The van der Waals surface area contributed by atoms with Crippen molar-refractivity contribution >= 4 is 22.2 Å². The molecule has 1 amide bonds. The Labute approximate surface area is 183 Å². The molecule has 0 aromatic heterocycles. The minimum atomic E-state index is -5.78. The maximum absolute atomic E-state index is 12.7. The lowest BCUT2D eigenvalue weighted by atomic mass is 9.85. The molecule has 2 fully saturated rings. The molecule has 12 heteroatoms. The summed E-state index contributed by atoms with van der Waals surface area (Å²) < 4.78 is 73.7. The second-order valence-corrected chi connectivity index (χ2v) is 9.32. The van der Waals surface area contributed by atoms with Gasteiger partial charge in [-0.25, -0.2) is 4.79 Å². The van der Waals surface area contributed by atoms with Gasteiger partial charge in [-0.2, -0.15) is 21.6 Å². The van der Waals surface area contributed by atoms with E-state index in [-0.39, 0.29) is 18.6 Å². The molecule has 1 aromatic carbocycles. The average Bonchev–Trinajstić information content (AvgIpc) is 3.09. The standard InChI is InChI=1S/C20H24F3NO7S/c21-20(22,23)32(27,28)30-11-10-17(25)24-16-9-5-4-8-15(16)12-18(24)31-19(26)29-13-14-6-2-1-3-7-14/h1-3,6-7,15-16,18H,4-5,8-13H2/t15-,16-,18+/m1/s1. The maximum atomic E-state index is 12.7. The zero-order valence-electron chi connectivity index (χ0n) is 17.1. The fraction of sp³-hybridized carbons (Fsp3) is 0.600. The van der Waals surface area contributed by atoms with Crippen LogP contribution in [-0.2, 0) is 35.2 Å². The summed E-state index contributed by atoms with van der Waals surface area (Å²) in [5.74, 6) is -0.558. The van der Waals surface area contributed by atoms with E-state index in [0.29, 0.717) is 12.8 Å². The van der Waals surface area contributed by atoms with Crippen LogP contribution in [0.1, 0.15) is 44.1 Å². The van der Waals surface area contributed by atoms with Crippen LogP contribution in [0, 0.1) is 5.92 Å². The molecule has 0 N–H and O–H groups in total. The average molecular weight is 479 g/mol. The third-order valence-electron chi connectivity index (χ3n) is 5.60. The molecule has 2 aliphatic rings. The molecule has 1 aromatic rings. The predicted molar refractivity (Wildman–Crippen MR) is 104 cm³/mol. The molecule has 8 nitrogen and oxygen atoms in total. The van der Waals surface area contributed by atoms with Crippen molar-refractivity contribution in [3.8, 4) is 0 Å². The van der Waals surface area contributed by atoms with E-state index >= 15 is 0 Å². The number of ether oxygens (including phenoxy) is 2. The minimum absolute atomic E-state index is 0.0175. The largest absolute Gasteiger partial charge is 0.523 e. The van der Waals surface area contributed by atoms with Gasteiger partial charge in [0.1, 0.15) is 6.61 Å². The van der Waals surface area contributed by atoms with E-state index in [4.69, 9.17) is 9.47 Å². The zero-order chi connectivity index (χ0) is 23.4. The number of rotatable bonds is 7. The van der Waals surface area contributed by atoms with E-state index in [1.54, 1.807) is 24.3 Å². The Bertz CT molecular complexity index is 908. The van der Waals surface area contributed by atoms with Crippen LogP contribution in [0.4, 0.5) is 18.0 Å². The Morgan fingerprint density at radius 2 is 1.78 bits per heavy atom. The topological polar surface area (TPSA) is 99.2 Å². The number of fused-ring (bicyclic) bond motifs is 1. The summed E-state index contributed by atoms with van der Waals surface area (Å²) in [6.45, 7) is -0.976. The summed E-state index contributed by atoms with van der Waals surface area (Å²) in [5, 5.41) is 0. The van der Waals surface area contributed by atoms with E-state index in [1.807, 2.05) is 6.07 Å². The number of amides is 1. The highest BCUT2D eigenvalue weighted by Crippen LogP contribution is 2.40. The Morgan fingerprint density at radius 1 is 1.09 bits per heavy atom. The first-order valence-electron chi connectivity index (χ1n) is 10.2. The maximum Gasteiger partial charge on any atom is 0.523 e. The first-order chi connectivity index (χ1) is 15.1. The smallest absolute Gasteiger partial charge is 0.429 e. The molecular formula is C20H24F3NO7S. The van der Waals surface area contributed by atoms with Crippen molar-refractivity contribution in [2.75, 3.05) is 6.61 Å². The van der Waals surface area contributed by atoms with Gasteiger partial charge in [0.05, 0.1) is 13.0 Å². The van der Waals surface area contributed by atoms with E-state index in [2.05, 4.69) is 4.18 Å². The van der Waals surface area contributed by atoms with Crippen LogP contribution in [0.15, 0.2) is 30.3 Å². The van der Waals surface area contributed by atoms with Crippen LogP contribution in [0.2, 0.25) is 0 Å². The van der Waals surface area contributed by atoms with Crippen molar-refractivity contribution in [2.24, 2.45) is 5.92 Å². The number of carbonyl (C=O) groups excluding carboxylic acids is 2. The molecule has 3 rings (SSSR count). The summed E-state index contributed by atoms with van der Waals surface area (Å²) in [4.78, 5) is 26.3. The Kier molecular flexibility index (Phi) is 7.65. The van der Waals surface area contributed by atoms with Crippen molar-refractivity contribution in [1.29, 1.82) is 0 Å². The molecule has 1 aliphatic carbocycles. The minimum Gasteiger partial charge on any atom is -0.429 e. The number of carbonyl (C=O) groups is 2. The molecule has 32 heavy (non-hydrogen) atoms. The monoisotopic (exact) mass is 479 g/mol. The molecule has 3 atom stereocenters. The van der Waals surface area contributed by atoms with Gasteiger partial charge >= 0.3 is 21.8 Å². The molecule has 0 radical (unpaired) electrons. The zero-order valence-corrected chi connectivity index (χ0v) is 17.9. The Balaban J connectivity index is 1.60. The third-order valence-corrected chi connectivity index (χ3v) is 6.64. The number of benzene rings is 1. The third kappa shape index (κ3) is 5.91. The predicted octanol–water partition coefficient (Wildman–Crippen LogP) is 3.71. The SMILES string of the molecule is O=C(OCc1ccccc1)O[C@H]1C[C@H]2CCCC[C@H]2N1C(=O)CCOS(=O)(=O)C(F)(F)F. The second-order valence-electron chi connectivity index (χ2n) is 7.72. The van der Waals surface area contributed by atoms with Crippen LogP contribution >= 0.6 is 0 Å². The molecule has 178 valence electrons. The number of alkyl halides is 3. The van der Waals surface area contributed by atoms with E-state index in [9.17, 15) is 31.2 Å². The molecular weight excluding hydrogens is 455 g/mol. The highest BCUT2D eigenvalue weighted by molar-refractivity contribution is 7.87. The van der Waals surface area contributed by atoms with Crippen molar-refractivity contribution < 1.29 is 44.8 Å². The van der Waals surface area contributed by atoms with E-state index in [1.165, 1.54) is 4.90 Å². The summed E-state index contributed by atoms with van der Waals surface area (Å²) in [6, 6.07) is 8.68. The normalized spacial score (nSPS) is 23.5. The molecule has 0 bridgehead atoms. The van der Waals surface area contributed by atoms with Gasteiger partial charge in [0, 0.05) is 12.5 Å². The van der Waals surface area contributed by atoms with Gasteiger partial charge < -0.3 is 14.4 Å².